The number of hydrogen-bond acceptors (Lipinski definition) is 2. The average Bonchev–Trinajstić information content (AvgIpc) is 3.29. The number of benzene rings is 5. The molecule has 0 radical (unpaired) electrons. The smallest absolute Gasteiger partial charge is 0.142 e. The fourth-order valence-electron chi connectivity index (χ4n) is 8.04. The molecule has 40 heavy (non-hydrogen) atoms. The summed E-state index contributed by atoms with van der Waals surface area (Å²) in [4.78, 5) is 0. The van der Waals surface area contributed by atoms with E-state index in [1.165, 1.54) is 11.1 Å². The van der Waals surface area contributed by atoms with Crippen molar-refractivity contribution in [3.8, 4) is 22.3 Å². The summed E-state index contributed by atoms with van der Waals surface area (Å²) in [6.45, 7) is 12.6. The van der Waals surface area contributed by atoms with Crippen LogP contribution in [0.4, 0.5) is 0 Å². The topological polar surface area (TPSA) is 40.5 Å². The fourth-order valence-corrected chi connectivity index (χ4v) is 8.04. The van der Waals surface area contributed by atoms with Gasteiger partial charge in [-0.15, -0.1) is 0 Å². The lowest BCUT2D eigenvalue weighted by Crippen LogP contribution is -2.31. The van der Waals surface area contributed by atoms with Crippen molar-refractivity contribution in [3.05, 3.63) is 152 Å². The second-order valence-corrected chi connectivity index (χ2v) is 12.0. The monoisotopic (exact) mass is 522 g/mol. The van der Waals surface area contributed by atoms with Crippen LogP contribution in [-0.4, -0.2) is 10.2 Å². The molecule has 0 saturated carbocycles. The number of aryl methyl sites for hydroxylation is 6. The molecule has 5 aromatic rings. The van der Waals surface area contributed by atoms with Gasteiger partial charge in [0, 0.05) is 22.3 Å². The maximum absolute atomic E-state index is 13.0. The molecule has 7 rings (SSSR count). The van der Waals surface area contributed by atoms with Crippen LogP contribution in [0.1, 0.15) is 66.8 Å². The predicted octanol–water partition coefficient (Wildman–Crippen LogP) is 8.07. The van der Waals surface area contributed by atoms with E-state index in [0.29, 0.717) is 0 Å². The van der Waals surface area contributed by atoms with E-state index in [2.05, 4.69) is 90.1 Å². The molecular weight excluding hydrogens is 488 g/mol. The Labute approximate surface area is 236 Å². The lowest BCUT2D eigenvalue weighted by atomic mass is 9.76. The molecular formula is C38H34O2. The highest BCUT2D eigenvalue weighted by atomic mass is 16.3. The van der Waals surface area contributed by atoms with Crippen molar-refractivity contribution in [3.63, 3.8) is 0 Å². The third-order valence-corrected chi connectivity index (χ3v) is 9.23. The summed E-state index contributed by atoms with van der Waals surface area (Å²) in [7, 11) is 0. The highest BCUT2D eigenvalue weighted by molar-refractivity contribution is 5.92. The molecule has 2 nitrogen and oxygen atoms in total. The molecule has 2 N–H and O–H groups in total. The first-order valence-corrected chi connectivity index (χ1v) is 14.1. The van der Waals surface area contributed by atoms with Gasteiger partial charge in [-0.1, -0.05) is 83.9 Å². The van der Waals surface area contributed by atoms with E-state index < -0.39 is 11.2 Å². The van der Waals surface area contributed by atoms with Crippen LogP contribution in [0.15, 0.2) is 84.9 Å². The van der Waals surface area contributed by atoms with Gasteiger partial charge in [0.05, 0.1) is 0 Å². The quantitative estimate of drug-likeness (QED) is 0.246. The highest BCUT2D eigenvalue weighted by Crippen LogP contribution is 2.59. The van der Waals surface area contributed by atoms with Gasteiger partial charge in [-0.2, -0.15) is 0 Å². The zero-order valence-electron chi connectivity index (χ0n) is 24.0. The molecule has 0 fully saturated rings. The van der Waals surface area contributed by atoms with Crippen LogP contribution in [0.3, 0.4) is 0 Å². The van der Waals surface area contributed by atoms with Gasteiger partial charge in [0.1, 0.15) is 11.2 Å². The van der Waals surface area contributed by atoms with Gasteiger partial charge in [-0.05, 0) is 109 Å². The van der Waals surface area contributed by atoms with Crippen molar-refractivity contribution in [2.24, 2.45) is 0 Å². The van der Waals surface area contributed by atoms with Crippen LogP contribution in [0.25, 0.3) is 22.3 Å². The van der Waals surface area contributed by atoms with E-state index in [9.17, 15) is 10.2 Å². The fraction of sp³-hybridized carbons (Fsp3) is 0.211. The van der Waals surface area contributed by atoms with E-state index in [1.807, 2.05) is 36.4 Å². The Morgan fingerprint density at radius 3 is 1.12 bits per heavy atom. The molecule has 0 amide bonds. The van der Waals surface area contributed by atoms with Crippen LogP contribution in [0, 0.1) is 41.5 Å². The number of hydrogen-bond donors (Lipinski definition) is 2. The Morgan fingerprint density at radius 2 is 0.750 bits per heavy atom. The summed E-state index contributed by atoms with van der Waals surface area (Å²) >= 11 is 0. The summed E-state index contributed by atoms with van der Waals surface area (Å²) < 4.78 is 0. The summed E-state index contributed by atoms with van der Waals surface area (Å²) in [5, 5.41) is 25.9. The van der Waals surface area contributed by atoms with E-state index in [1.54, 1.807) is 0 Å². The van der Waals surface area contributed by atoms with Gasteiger partial charge in [0.2, 0.25) is 0 Å². The standard InChI is InChI=1S/C38H34O2/c1-21-15-23(3)35(24(4)16-21)37(39)31-13-9-7-11-27(31)29-19-30-28-12-8-10-14-32(28)38(40,34(30)20-33(29)37)36-25(5)17-22(2)18-26(36)6/h7-20,39-40H,1-6H3. The van der Waals surface area contributed by atoms with Crippen molar-refractivity contribution >= 4 is 0 Å². The number of fused-ring (bicyclic) bond motifs is 6. The maximum atomic E-state index is 13.0. The second-order valence-electron chi connectivity index (χ2n) is 12.0. The Kier molecular flexibility index (Phi) is 5.17. The molecule has 0 saturated heterocycles. The number of rotatable bonds is 2. The van der Waals surface area contributed by atoms with Crippen molar-refractivity contribution in [2.45, 2.75) is 52.7 Å². The normalized spacial score (nSPS) is 20.2. The molecule has 0 bridgehead atoms. The largest absolute Gasteiger partial charge is 0.376 e. The predicted molar refractivity (Wildman–Crippen MR) is 163 cm³/mol. The molecule has 2 atom stereocenters. The number of aliphatic hydroxyl groups is 2. The van der Waals surface area contributed by atoms with Gasteiger partial charge in [-0.3, -0.25) is 0 Å². The molecule has 0 aromatic heterocycles. The van der Waals surface area contributed by atoms with E-state index in [0.717, 1.165) is 77.9 Å². The molecule has 0 spiro atoms. The van der Waals surface area contributed by atoms with Crippen molar-refractivity contribution in [2.75, 3.05) is 0 Å². The van der Waals surface area contributed by atoms with Crippen molar-refractivity contribution < 1.29 is 10.2 Å². The summed E-state index contributed by atoms with van der Waals surface area (Å²) in [6, 6.07) is 29.3. The Balaban J connectivity index is 1.61. The van der Waals surface area contributed by atoms with Gasteiger partial charge in [-0.25, -0.2) is 0 Å². The first-order valence-electron chi connectivity index (χ1n) is 14.1. The molecule has 2 unspecified atom stereocenters. The molecule has 0 heterocycles. The molecule has 2 aliphatic carbocycles. The molecule has 5 aromatic carbocycles. The van der Waals surface area contributed by atoms with Crippen LogP contribution >= 0.6 is 0 Å². The first kappa shape index (κ1) is 25.0. The van der Waals surface area contributed by atoms with Crippen molar-refractivity contribution in [1.29, 1.82) is 0 Å². The van der Waals surface area contributed by atoms with Crippen LogP contribution in [0.2, 0.25) is 0 Å². The molecule has 2 heteroatoms. The summed E-state index contributed by atoms with van der Waals surface area (Å²) in [5.74, 6) is 0. The van der Waals surface area contributed by atoms with Crippen LogP contribution in [-0.2, 0) is 11.2 Å². The lowest BCUT2D eigenvalue weighted by Gasteiger charge is -2.33. The molecule has 2 aliphatic rings. The summed E-state index contributed by atoms with van der Waals surface area (Å²) in [6.07, 6.45) is 0. The van der Waals surface area contributed by atoms with Gasteiger partial charge < -0.3 is 10.2 Å². The van der Waals surface area contributed by atoms with Crippen molar-refractivity contribution in [1.82, 2.24) is 0 Å². The molecule has 198 valence electrons. The van der Waals surface area contributed by atoms with E-state index in [-0.39, 0.29) is 0 Å². The van der Waals surface area contributed by atoms with Gasteiger partial charge in [0.25, 0.3) is 0 Å². The van der Waals surface area contributed by atoms with Crippen LogP contribution < -0.4 is 0 Å². The highest BCUT2D eigenvalue weighted by Gasteiger charge is 2.50. The van der Waals surface area contributed by atoms with E-state index >= 15 is 0 Å². The zero-order valence-corrected chi connectivity index (χ0v) is 24.0. The average molecular weight is 523 g/mol. The maximum Gasteiger partial charge on any atom is 0.142 e. The van der Waals surface area contributed by atoms with E-state index in [4.69, 9.17) is 0 Å². The minimum absolute atomic E-state index is 0.830. The summed E-state index contributed by atoms with van der Waals surface area (Å²) in [5.41, 5.74) is 13.3. The van der Waals surface area contributed by atoms with Gasteiger partial charge >= 0.3 is 0 Å². The Morgan fingerprint density at radius 1 is 0.400 bits per heavy atom. The third-order valence-electron chi connectivity index (χ3n) is 9.23. The first-order chi connectivity index (χ1) is 19.1. The van der Waals surface area contributed by atoms with Crippen LogP contribution in [0.5, 0.6) is 0 Å². The third kappa shape index (κ3) is 3.06. The minimum Gasteiger partial charge on any atom is -0.376 e. The van der Waals surface area contributed by atoms with Gasteiger partial charge in [0.15, 0.2) is 0 Å². The molecule has 0 aliphatic heterocycles. The zero-order chi connectivity index (χ0) is 28.1. The Bertz CT molecular complexity index is 1710. The SMILES string of the molecule is Cc1cc(C)c(C2(O)c3ccccc3-c3cc4c(cc32)C(O)(c2c(C)cc(C)cc2C)c2ccccc2-4)c(C)c1. The Hall–Kier alpha value is -3.98. The minimum atomic E-state index is -1.34. The second kappa shape index (κ2) is 8.27. The lowest BCUT2D eigenvalue weighted by molar-refractivity contribution is 0.123.